The van der Waals surface area contributed by atoms with Gasteiger partial charge in [0.15, 0.2) is 0 Å². The number of nitrogens with zero attached hydrogens (tertiary/aromatic N) is 3. The van der Waals surface area contributed by atoms with E-state index in [2.05, 4.69) is 21.2 Å². The van der Waals surface area contributed by atoms with Gasteiger partial charge in [-0.1, -0.05) is 20.8 Å². The van der Waals surface area contributed by atoms with E-state index in [9.17, 15) is 9.90 Å². The van der Waals surface area contributed by atoms with Crippen LogP contribution in [-0.2, 0) is 9.53 Å². The minimum absolute atomic E-state index is 0.0735. The van der Waals surface area contributed by atoms with Crippen LogP contribution in [0.4, 0.5) is 0 Å². The van der Waals surface area contributed by atoms with E-state index < -0.39 is 6.10 Å². The highest BCUT2D eigenvalue weighted by Gasteiger charge is 2.35. The number of fused-ring (bicyclic) bond motifs is 2. The van der Waals surface area contributed by atoms with Crippen LogP contribution < -0.4 is 10.1 Å². The normalized spacial score (nSPS) is 23.1. The molecule has 0 spiro atoms. The predicted molar refractivity (Wildman–Crippen MR) is 117 cm³/mol. The van der Waals surface area contributed by atoms with Crippen LogP contribution in [0.1, 0.15) is 26.3 Å². The lowest BCUT2D eigenvalue weighted by Crippen LogP contribution is -2.61. The number of aliphatic hydroxyl groups is 1. The van der Waals surface area contributed by atoms with Crippen molar-refractivity contribution in [3.63, 3.8) is 0 Å². The molecule has 2 bridgehead atoms. The summed E-state index contributed by atoms with van der Waals surface area (Å²) >= 11 is 0. The second-order valence-electron chi connectivity index (χ2n) is 9.47. The molecule has 2 heterocycles. The van der Waals surface area contributed by atoms with Gasteiger partial charge >= 0.3 is 0 Å². The summed E-state index contributed by atoms with van der Waals surface area (Å²) in [6.45, 7) is 11.2. The minimum Gasteiger partial charge on any atom is -0.491 e. The van der Waals surface area contributed by atoms with Gasteiger partial charge in [-0.05, 0) is 24.3 Å². The summed E-state index contributed by atoms with van der Waals surface area (Å²) in [5.74, 6) is 0.718. The number of ether oxygens (including phenoxy) is 2. The molecule has 8 heteroatoms. The monoisotopic (exact) mass is 430 g/mol. The standard InChI is InChI=1S/C23H34N4O4/c1-23(2,3)22(29)25-8-9-26-12-20-14-27(15-21(13-26)31-20)11-18(28)16-30-19-6-4-17(10-24)5-7-19/h4-7,18,20-21,28H,8-9,11-16H2,1-3H3,(H,25,29)/t18-,20?,21?/m0/s1. The Labute approximate surface area is 184 Å². The summed E-state index contributed by atoms with van der Waals surface area (Å²) in [6, 6.07) is 8.95. The highest BCUT2D eigenvalue weighted by molar-refractivity contribution is 5.81. The second-order valence-corrected chi connectivity index (χ2v) is 9.47. The SMILES string of the molecule is CC(C)(C)C(=O)NCCN1CC2CN(C[C@H](O)COc3ccc(C#N)cc3)CC(C1)O2. The molecule has 3 rings (SSSR count). The van der Waals surface area contributed by atoms with Gasteiger partial charge in [-0.25, -0.2) is 0 Å². The van der Waals surface area contributed by atoms with Gasteiger partial charge in [0.25, 0.3) is 0 Å². The zero-order valence-electron chi connectivity index (χ0n) is 18.7. The molecule has 0 saturated carbocycles. The lowest BCUT2D eigenvalue weighted by Gasteiger charge is -2.46. The third-order valence-electron chi connectivity index (χ3n) is 5.52. The number of rotatable bonds is 8. The van der Waals surface area contributed by atoms with Gasteiger partial charge in [0.05, 0.1) is 23.8 Å². The number of nitriles is 1. The molecule has 1 aromatic rings. The van der Waals surface area contributed by atoms with Crippen molar-refractivity contribution in [2.24, 2.45) is 5.41 Å². The van der Waals surface area contributed by atoms with Crippen LogP contribution in [0.15, 0.2) is 24.3 Å². The predicted octanol–water partition coefficient (Wildman–Crippen LogP) is 0.845. The molecule has 1 amide bonds. The molecule has 2 saturated heterocycles. The minimum atomic E-state index is -0.599. The largest absolute Gasteiger partial charge is 0.491 e. The first-order valence-electron chi connectivity index (χ1n) is 10.9. The number of morpholine rings is 2. The Hall–Kier alpha value is -2.18. The molecule has 0 radical (unpaired) electrons. The molecule has 1 aromatic carbocycles. The fourth-order valence-electron chi connectivity index (χ4n) is 3.95. The van der Waals surface area contributed by atoms with Gasteiger partial charge in [-0.15, -0.1) is 0 Å². The van der Waals surface area contributed by atoms with Gasteiger partial charge in [0.2, 0.25) is 5.91 Å². The zero-order valence-corrected chi connectivity index (χ0v) is 18.7. The van der Waals surface area contributed by atoms with Crippen LogP contribution in [0.3, 0.4) is 0 Å². The van der Waals surface area contributed by atoms with E-state index in [-0.39, 0.29) is 30.1 Å². The maximum atomic E-state index is 12.0. The van der Waals surface area contributed by atoms with Crippen LogP contribution in [0, 0.1) is 16.7 Å². The third-order valence-corrected chi connectivity index (χ3v) is 5.52. The average molecular weight is 431 g/mol. The first-order valence-corrected chi connectivity index (χ1v) is 10.9. The number of hydrogen-bond acceptors (Lipinski definition) is 7. The van der Waals surface area contributed by atoms with E-state index in [4.69, 9.17) is 14.7 Å². The smallest absolute Gasteiger partial charge is 0.225 e. The lowest BCUT2D eigenvalue weighted by molar-refractivity contribution is -0.143. The van der Waals surface area contributed by atoms with Crippen LogP contribution in [-0.4, -0.2) is 91.5 Å². The maximum Gasteiger partial charge on any atom is 0.225 e. The first kappa shape index (κ1) is 23.5. The number of nitrogens with one attached hydrogen (secondary N) is 1. The number of carbonyl (C=O) groups excluding carboxylic acids is 1. The van der Waals surface area contributed by atoms with Gasteiger partial charge < -0.3 is 19.9 Å². The molecule has 2 aliphatic heterocycles. The van der Waals surface area contributed by atoms with Crippen molar-refractivity contribution in [1.29, 1.82) is 5.26 Å². The zero-order chi connectivity index (χ0) is 22.4. The maximum absolute atomic E-state index is 12.0. The van der Waals surface area contributed by atoms with Crippen molar-refractivity contribution in [3.8, 4) is 11.8 Å². The highest BCUT2D eigenvalue weighted by Crippen LogP contribution is 2.20. The van der Waals surface area contributed by atoms with Crippen molar-refractivity contribution >= 4 is 5.91 Å². The number of aliphatic hydroxyl groups excluding tert-OH is 1. The third kappa shape index (κ3) is 7.18. The second kappa shape index (κ2) is 10.4. The number of β-amino-alcohol motifs (C(OH)–C–C–N with tert-alkyl or cyclic N) is 1. The molecule has 2 fully saturated rings. The van der Waals surface area contributed by atoms with Gasteiger partial charge in [0.1, 0.15) is 18.5 Å². The average Bonchev–Trinajstić information content (AvgIpc) is 2.71. The number of benzene rings is 1. The lowest BCUT2D eigenvalue weighted by atomic mass is 9.96. The summed E-state index contributed by atoms with van der Waals surface area (Å²) in [7, 11) is 0. The van der Waals surface area contributed by atoms with E-state index in [0.29, 0.717) is 24.4 Å². The van der Waals surface area contributed by atoms with Crippen molar-refractivity contribution < 1.29 is 19.4 Å². The summed E-state index contributed by atoms with van der Waals surface area (Å²) < 4.78 is 11.7. The summed E-state index contributed by atoms with van der Waals surface area (Å²) in [5.41, 5.74) is 0.213. The molecule has 0 aliphatic carbocycles. The summed E-state index contributed by atoms with van der Waals surface area (Å²) in [5, 5.41) is 22.3. The first-order chi connectivity index (χ1) is 14.7. The molecular formula is C23H34N4O4. The van der Waals surface area contributed by atoms with Crippen LogP contribution >= 0.6 is 0 Å². The molecular weight excluding hydrogens is 396 g/mol. The molecule has 2 N–H and O–H groups in total. The van der Waals surface area contributed by atoms with Gasteiger partial charge in [0, 0.05) is 51.2 Å². The Morgan fingerprint density at radius 3 is 2.42 bits per heavy atom. The van der Waals surface area contributed by atoms with E-state index >= 15 is 0 Å². The number of hydrogen-bond donors (Lipinski definition) is 2. The van der Waals surface area contributed by atoms with E-state index in [1.165, 1.54) is 0 Å². The fraction of sp³-hybridized carbons (Fsp3) is 0.652. The summed E-state index contributed by atoms with van der Waals surface area (Å²) in [6.07, 6.45) is -0.381. The van der Waals surface area contributed by atoms with Gasteiger partial charge in [-0.2, -0.15) is 5.26 Å². The van der Waals surface area contributed by atoms with Crippen molar-refractivity contribution in [2.75, 3.05) is 52.4 Å². The Balaban J connectivity index is 1.37. The number of amides is 1. The Morgan fingerprint density at radius 2 is 1.84 bits per heavy atom. The van der Waals surface area contributed by atoms with Crippen molar-refractivity contribution in [1.82, 2.24) is 15.1 Å². The van der Waals surface area contributed by atoms with Crippen molar-refractivity contribution in [3.05, 3.63) is 29.8 Å². The highest BCUT2D eigenvalue weighted by atomic mass is 16.5. The molecule has 2 unspecified atom stereocenters. The molecule has 2 aliphatic rings. The molecule has 170 valence electrons. The molecule has 8 nitrogen and oxygen atoms in total. The van der Waals surface area contributed by atoms with Crippen molar-refractivity contribution in [2.45, 2.75) is 39.1 Å². The Morgan fingerprint density at radius 1 is 1.23 bits per heavy atom. The summed E-state index contributed by atoms with van der Waals surface area (Å²) in [4.78, 5) is 16.6. The quantitative estimate of drug-likeness (QED) is 0.631. The fourth-order valence-corrected chi connectivity index (χ4v) is 3.95. The molecule has 3 atom stereocenters. The van der Waals surface area contributed by atoms with E-state index in [1.54, 1.807) is 24.3 Å². The van der Waals surface area contributed by atoms with E-state index in [0.717, 1.165) is 32.7 Å². The van der Waals surface area contributed by atoms with Crippen LogP contribution in [0.25, 0.3) is 0 Å². The van der Waals surface area contributed by atoms with Crippen LogP contribution in [0.2, 0.25) is 0 Å². The number of carbonyl (C=O) groups is 1. The topological polar surface area (TPSA) is 98.1 Å². The van der Waals surface area contributed by atoms with Gasteiger partial charge in [-0.3, -0.25) is 14.6 Å². The Bertz CT molecular complexity index is 757. The Kier molecular flexibility index (Phi) is 7.89. The van der Waals surface area contributed by atoms with Crippen LogP contribution in [0.5, 0.6) is 5.75 Å². The van der Waals surface area contributed by atoms with E-state index in [1.807, 2.05) is 20.8 Å². The molecule has 0 aromatic heterocycles. The molecule has 31 heavy (non-hydrogen) atoms.